The van der Waals surface area contributed by atoms with Gasteiger partial charge in [-0.3, -0.25) is 4.99 Å². The first kappa shape index (κ1) is 12.9. The molecule has 7 heteroatoms. The van der Waals surface area contributed by atoms with Gasteiger partial charge in [0.15, 0.2) is 6.04 Å². The molecular weight excluding hydrogens is 267 g/mol. The minimum atomic E-state index is -4.41. The van der Waals surface area contributed by atoms with Crippen molar-refractivity contribution in [2.24, 2.45) is 4.99 Å². The van der Waals surface area contributed by atoms with E-state index in [1.54, 1.807) is 0 Å². The molecule has 1 N–H and O–H groups in total. The normalized spacial score (nSPS) is 19.7. The first-order chi connectivity index (χ1) is 8.38. The number of aliphatic carboxylic acids is 1. The minimum absolute atomic E-state index is 0.251. The first-order valence-electron chi connectivity index (χ1n) is 4.99. The molecule has 0 radical (unpaired) electrons. The quantitative estimate of drug-likeness (QED) is 0.902. The molecule has 0 amide bonds. The Hall–Kier alpha value is -1.50. The van der Waals surface area contributed by atoms with Crippen molar-refractivity contribution in [3.63, 3.8) is 0 Å². The molecule has 0 spiro atoms. The summed E-state index contributed by atoms with van der Waals surface area (Å²) < 4.78 is 37.6. The molecule has 2 rings (SSSR count). The Morgan fingerprint density at radius 2 is 2.17 bits per heavy atom. The number of alkyl halides is 3. The molecule has 1 heterocycles. The van der Waals surface area contributed by atoms with Gasteiger partial charge >= 0.3 is 12.1 Å². The van der Waals surface area contributed by atoms with Crippen molar-refractivity contribution >= 4 is 22.8 Å². The van der Waals surface area contributed by atoms with Crippen molar-refractivity contribution in [1.29, 1.82) is 0 Å². The van der Waals surface area contributed by atoms with Gasteiger partial charge < -0.3 is 5.11 Å². The fourth-order valence-corrected chi connectivity index (χ4v) is 2.52. The predicted octanol–water partition coefficient (Wildman–Crippen LogP) is 2.65. The smallest absolute Gasteiger partial charge is 0.416 e. The van der Waals surface area contributed by atoms with Gasteiger partial charge in [0.2, 0.25) is 0 Å². The van der Waals surface area contributed by atoms with E-state index in [0.29, 0.717) is 10.6 Å². The first-order valence-corrected chi connectivity index (χ1v) is 5.97. The second kappa shape index (κ2) is 4.64. The third kappa shape index (κ3) is 2.66. The van der Waals surface area contributed by atoms with Gasteiger partial charge in [-0.05, 0) is 12.1 Å². The number of thioether (sulfide) groups is 1. The van der Waals surface area contributed by atoms with E-state index in [4.69, 9.17) is 5.11 Å². The van der Waals surface area contributed by atoms with Crippen molar-refractivity contribution in [3.05, 3.63) is 35.4 Å². The lowest BCUT2D eigenvalue weighted by atomic mass is 10.1. The number of aliphatic imine (C=N–C) groups is 1. The maximum absolute atomic E-state index is 12.5. The van der Waals surface area contributed by atoms with E-state index in [1.807, 2.05) is 0 Å². The summed E-state index contributed by atoms with van der Waals surface area (Å²) in [6.45, 7) is 0. The summed E-state index contributed by atoms with van der Waals surface area (Å²) in [6.07, 6.45) is -4.41. The van der Waals surface area contributed by atoms with Gasteiger partial charge in [-0.1, -0.05) is 12.1 Å². The van der Waals surface area contributed by atoms with E-state index in [0.717, 1.165) is 23.9 Å². The van der Waals surface area contributed by atoms with Gasteiger partial charge in [0.1, 0.15) is 0 Å². The molecule has 0 saturated heterocycles. The van der Waals surface area contributed by atoms with Crippen LogP contribution < -0.4 is 0 Å². The van der Waals surface area contributed by atoms with Gasteiger partial charge in [0.05, 0.1) is 10.6 Å². The second-order valence-corrected chi connectivity index (χ2v) is 4.69. The molecule has 1 atom stereocenters. The molecule has 96 valence electrons. The van der Waals surface area contributed by atoms with E-state index in [1.165, 1.54) is 12.1 Å². The fourth-order valence-electron chi connectivity index (χ4n) is 1.49. The van der Waals surface area contributed by atoms with Gasteiger partial charge in [-0.15, -0.1) is 11.8 Å². The number of benzene rings is 1. The van der Waals surface area contributed by atoms with Crippen LogP contribution in [0.15, 0.2) is 29.3 Å². The Morgan fingerprint density at radius 1 is 1.44 bits per heavy atom. The Labute approximate surface area is 105 Å². The highest BCUT2D eigenvalue weighted by atomic mass is 32.2. The summed E-state index contributed by atoms with van der Waals surface area (Å²) in [7, 11) is 0. The Kier molecular flexibility index (Phi) is 3.34. The van der Waals surface area contributed by atoms with Gasteiger partial charge in [0.25, 0.3) is 0 Å². The Bertz CT molecular complexity index is 513. The summed E-state index contributed by atoms with van der Waals surface area (Å²) in [5, 5.41) is 9.10. The van der Waals surface area contributed by atoms with Crippen LogP contribution in [0.2, 0.25) is 0 Å². The van der Waals surface area contributed by atoms with Crippen LogP contribution >= 0.6 is 11.8 Å². The maximum Gasteiger partial charge on any atom is 0.416 e. The Morgan fingerprint density at radius 3 is 2.72 bits per heavy atom. The molecular formula is C11H8F3NO2S. The summed E-state index contributed by atoms with van der Waals surface area (Å²) in [5.41, 5.74) is -0.458. The van der Waals surface area contributed by atoms with E-state index in [9.17, 15) is 18.0 Å². The van der Waals surface area contributed by atoms with Crippen molar-refractivity contribution in [2.75, 3.05) is 5.75 Å². The molecule has 1 aliphatic heterocycles. The van der Waals surface area contributed by atoms with Crippen molar-refractivity contribution in [1.82, 2.24) is 0 Å². The zero-order chi connectivity index (χ0) is 13.3. The number of carboxylic acid groups (broad SMARTS) is 1. The van der Waals surface area contributed by atoms with Crippen LogP contribution in [-0.2, 0) is 11.0 Å². The number of rotatable bonds is 2. The molecule has 0 fully saturated rings. The lowest BCUT2D eigenvalue weighted by molar-refractivity contribution is -0.138. The van der Waals surface area contributed by atoms with Crippen molar-refractivity contribution < 1.29 is 23.1 Å². The summed E-state index contributed by atoms with van der Waals surface area (Å²) in [6, 6.07) is 3.86. The third-order valence-corrected chi connectivity index (χ3v) is 3.47. The number of hydrogen-bond donors (Lipinski definition) is 1. The van der Waals surface area contributed by atoms with Crippen LogP contribution in [0.1, 0.15) is 11.1 Å². The van der Waals surface area contributed by atoms with Crippen LogP contribution in [0.3, 0.4) is 0 Å². The maximum atomic E-state index is 12.5. The molecule has 3 nitrogen and oxygen atoms in total. The standard InChI is InChI=1S/C11H8F3NO2S/c12-11(13,14)7-3-1-2-6(4-7)9-15-8(5-18-9)10(16)17/h1-4,8H,5H2,(H,16,17). The monoisotopic (exact) mass is 275 g/mol. The Balaban J connectivity index is 2.30. The van der Waals surface area contributed by atoms with Gasteiger partial charge in [-0.25, -0.2) is 4.79 Å². The average Bonchev–Trinajstić information content (AvgIpc) is 2.77. The zero-order valence-electron chi connectivity index (χ0n) is 8.94. The van der Waals surface area contributed by atoms with Crippen LogP contribution in [0, 0.1) is 0 Å². The number of halogens is 3. The lowest BCUT2D eigenvalue weighted by Gasteiger charge is -2.08. The highest BCUT2D eigenvalue weighted by Crippen LogP contribution is 2.31. The molecule has 18 heavy (non-hydrogen) atoms. The summed E-state index contributed by atoms with van der Waals surface area (Å²) in [5.74, 6) is -0.814. The number of hydrogen-bond acceptors (Lipinski definition) is 3. The molecule has 0 aromatic heterocycles. The van der Waals surface area contributed by atoms with Crippen molar-refractivity contribution in [2.45, 2.75) is 12.2 Å². The topological polar surface area (TPSA) is 49.7 Å². The molecule has 1 unspecified atom stereocenters. The number of carboxylic acids is 1. The second-order valence-electron chi connectivity index (χ2n) is 3.68. The van der Waals surface area contributed by atoms with Crippen LogP contribution in [0.4, 0.5) is 13.2 Å². The van der Waals surface area contributed by atoms with E-state index in [-0.39, 0.29) is 5.75 Å². The molecule has 0 bridgehead atoms. The molecule has 1 aliphatic rings. The van der Waals surface area contributed by atoms with E-state index < -0.39 is 23.8 Å². The largest absolute Gasteiger partial charge is 0.480 e. The SMILES string of the molecule is O=C(O)C1CSC(c2cccc(C(F)(F)F)c2)=N1. The third-order valence-electron chi connectivity index (χ3n) is 2.37. The molecule has 0 saturated carbocycles. The molecule has 1 aromatic rings. The highest BCUT2D eigenvalue weighted by Gasteiger charge is 2.31. The molecule has 0 aliphatic carbocycles. The average molecular weight is 275 g/mol. The van der Waals surface area contributed by atoms with Crippen molar-refractivity contribution in [3.8, 4) is 0 Å². The zero-order valence-corrected chi connectivity index (χ0v) is 9.76. The summed E-state index contributed by atoms with van der Waals surface area (Å²) >= 11 is 1.15. The fraction of sp³-hybridized carbons (Fsp3) is 0.273. The number of carbonyl (C=O) groups is 1. The molecule has 1 aromatic carbocycles. The lowest BCUT2D eigenvalue weighted by Crippen LogP contribution is -2.17. The van der Waals surface area contributed by atoms with E-state index >= 15 is 0 Å². The van der Waals surface area contributed by atoms with Crippen LogP contribution in [0.25, 0.3) is 0 Å². The number of nitrogens with zero attached hydrogens (tertiary/aromatic N) is 1. The van der Waals surface area contributed by atoms with Crippen LogP contribution in [-0.4, -0.2) is 27.9 Å². The summed E-state index contributed by atoms with van der Waals surface area (Å²) in [4.78, 5) is 14.6. The van der Waals surface area contributed by atoms with Gasteiger partial charge in [-0.2, -0.15) is 13.2 Å². The predicted molar refractivity (Wildman–Crippen MR) is 61.9 cm³/mol. The minimum Gasteiger partial charge on any atom is -0.480 e. The van der Waals surface area contributed by atoms with Gasteiger partial charge in [0, 0.05) is 11.3 Å². The van der Waals surface area contributed by atoms with E-state index in [2.05, 4.69) is 4.99 Å². The van der Waals surface area contributed by atoms with Crippen LogP contribution in [0.5, 0.6) is 0 Å². The highest BCUT2D eigenvalue weighted by molar-refractivity contribution is 8.14.